The van der Waals surface area contributed by atoms with Gasteiger partial charge in [0.1, 0.15) is 5.56 Å². The van der Waals surface area contributed by atoms with Crippen molar-refractivity contribution >= 4 is 0 Å². The van der Waals surface area contributed by atoms with Gasteiger partial charge in [0.05, 0.1) is 26.4 Å². The van der Waals surface area contributed by atoms with E-state index in [1.165, 1.54) is 13.8 Å². The fourth-order valence-corrected chi connectivity index (χ4v) is 2.68. The Labute approximate surface area is 133 Å². The van der Waals surface area contributed by atoms with Gasteiger partial charge in [-0.25, -0.2) is 17.6 Å². The molecule has 9 heteroatoms. The van der Waals surface area contributed by atoms with E-state index in [4.69, 9.17) is 9.47 Å². The molecule has 0 spiro atoms. The summed E-state index contributed by atoms with van der Waals surface area (Å²) in [5, 5.41) is 0. The van der Waals surface area contributed by atoms with Crippen LogP contribution >= 0.6 is 0 Å². The van der Waals surface area contributed by atoms with Crippen molar-refractivity contribution in [1.82, 2.24) is 0 Å². The molecule has 0 amide bonds. The van der Waals surface area contributed by atoms with Gasteiger partial charge in [-0.15, -0.1) is 0 Å². The molecule has 1 aliphatic rings. The van der Waals surface area contributed by atoms with Crippen LogP contribution in [0.4, 0.5) is 30.7 Å². The third-order valence-electron chi connectivity index (χ3n) is 4.22. The first-order valence-electron chi connectivity index (χ1n) is 7.08. The maximum atomic E-state index is 14.2. The first-order chi connectivity index (χ1) is 11.0. The van der Waals surface area contributed by atoms with Crippen molar-refractivity contribution < 1.29 is 40.2 Å². The Bertz CT molecular complexity index is 588. The van der Waals surface area contributed by atoms with Crippen LogP contribution in [0.1, 0.15) is 25.0 Å². The monoisotopic (exact) mass is 360 g/mol. The fraction of sp³-hybridized carbons (Fsp3) is 0.600. The van der Waals surface area contributed by atoms with Crippen molar-refractivity contribution in [1.29, 1.82) is 0 Å². The van der Waals surface area contributed by atoms with E-state index in [-0.39, 0.29) is 26.4 Å². The molecule has 0 aromatic heterocycles. The molecule has 0 bridgehead atoms. The van der Waals surface area contributed by atoms with Gasteiger partial charge in [0, 0.05) is 16.9 Å². The summed E-state index contributed by atoms with van der Waals surface area (Å²) in [6.07, 6.45) is -5.56. The highest BCUT2D eigenvalue weighted by Gasteiger charge is 2.46. The SMILES string of the molecule is CC(C)(c1c(F)c(F)c(C(F)(F)F)c(F)c1F)C1COCCOC1. The minimum absolute atomic E-state index is 0.0177. The van der Waals surface area contributed by atoms with Crippen LogP contribution in [-0.4, -0.2) is 26.4 Å². The van der Waals surface area contributed by atoms with Crippen LogP contribution in [0, 0.1) is 29.2 Å². The van der Waals surface area contributed by atoms with Gasteiger partial charge in [0.2, 0.25) is 0 Å². The molecule has 136 valence electrons. The van der Waals surface area contributed by atoms with Crippen molar-refractivity contribution in [3.8, 4) is 0 Å². The quantitative estimate of drug-likeness (QED) is 0.581. The zero-order valence-corrected chi connectivity index (χ0v) is 12.9. The second-order valence-corrected chi connectivity index (χ2v) is 6.07. The molecule has 1 saturated heterocycles. The molecule has 1 aliphatic heterocycles. The lowest BCUT2D eigenvalue weighted by Crippen LogP contribution is -2.37. The van der Waals surface area contributed by atoms with E-state index in [1.807, 2.05) is 0 Å². The zero-order valence-electron chi connectivity index (χ0n) is 12.9. The molecule has 0 atom stereocenters. The van der Waals surface area contributed by atoms with Crippen molar-refractivity contribution in [3.63, 3.8) is 0 Å². The highest BCUT2D eigenvalue weighted by atomic mass is 19.4. The Hall–Kier alpha value is -1.35. The number of hydrogen-bond acceptors (Lipinski definition) is 2. The van der Waals surface area contributed by atoms with Crippen molar-refractivity contribution in [3.05, 3.63) is 34.4 Å². The van der Waals surface area contributed by atoms with E-state index >= 15 is 0 Å². The predicted octanol–water partition coefficient (Wildman–Crippen LogP) is 4.20. The topological polar surface area (TPSA) is 18.5 Å². The van der Waals surface area contributed by atoms with Gasteiger partial charge in [-0.3, -0.25) is 0 Å². The Kier molecular flexibility index (Phi) is 5.15. The van der Waals surface area contributed by atoms with Gasteiger partial charge < -0.3 is 9.47 Å². The Morgan fingerprint density at radius 2 is 1.12 bits per heavy atom. The molecule has 24 heavy (non-hydrogen) atoms. The van der Waals surface area contributed by atoms with E-state index in [0.29, 0.717) is 0 Å². The van der Waals surface area contributed by atoms with Crippen LogP contribution < -0.4 is 0 Å². The highest BCUT2D eigenvalue weighted by molar-refractivity contribution is 5.36. The summed E-state index contributed by atoms with van der Waals surface area (Å²) in [6, 6.07) is 0. The lowest BCUT2D eigenvalue weighted by molar-refractivity contribution is -0.143. The molecule has 2 rings (SSSR count). The average molecular weight is 360 g/mol. The minimum Gasteiger partial charge on any atom is -0.379 e. The normalized spacial score (nSPS) is 17.9. The first-order valence-corrected chi connectivity index (χ1v) is 7.08. The number of ether oxygens (including phenoxy) is 2. The van der Waals surface area contributed by atoms with Gasteiger partial charge in [-0.1, -0.05) is 13.8 Å². The molecule has 0 saturated carbocycles. The summed E-state index contributed by atoms with van der Waals surface area (Å²) < 4.78 is 104. The number of halogens is 7. The summed E-state index contributed by atoms with van der Waals surface area (Å²) >= 11 is 0. The summed E-state index contributed by atoms with van der Waals surface area (Å²) in [6.45, 7) is 2.96. The van der Waals surface area contributed by atoms with E-state index < -0.39 is 51.9 Å². The van der Waals surface area contributed by atoms with E-state index in [9.17, 15) is 30.7 Å². The Balaban J connectivity index is 2.62. The van der Waals surface area contributed by atoms with Crippen LogP contribution in [0.2, 0.25) is 0 Å². The van der Waals surface area contributed by atoms with Crippen LogP contribution in [0.15, 0.2) is 0 Å². The van der Waals surface area contributed by atoms with Gasteiger partial charge in [-0.2, -0.15) is 13.2 Å². The molecular weight excluding hydrogens is 345 g/mol. The van der Waals surface area contributed by atoms with Crippen LogP contribution in [0.25, 0.3) is 0 Å². The van der Waals surface area contributed by atoms with Crippen LogP contribution in [0.5, 0.6) is 0 Å². The predicted molar refractivity (Wildman–Crippen MR) is 69.4 cm³/mol. The second-order valence-electron chi connectivity index (χ2n) is 6.07. The number of hydrogen-bond donors (Lipinski definition) is 0. The maximum absolute atomic E-state index is 14.2. The number of alkyl halides is 3. The first kappa shape index (κ1) is 19.0. The van der Waals surface area contributed by atoms with Crippen LogP contribution in [0.3, 0.4) is 0 Å². The molecular formula is C15H15F7O2. The summed E-state index contributed by atoms with van der Waals surface area (Å²) in [4.78, 5) is 0. The largest absolute Gasteiger partial charge is 0.422 e. The van der Waals surface area contributed by atoms with Crippen molar-refractivity contribution in [2.45, 2.75) is 25.4 Å². The maximum Gasteiger partial charge on any atom is 0.422 e. The molecule has 2 nitrogen and oxygen atoms in total. The standard InChI is InChI=1S/C15H15F7O2/c1-14(2,7-5-23-3-4-24-6-7)8-10(16)12(18)9(15(20,21)22)13(19)11(8)17/h7H,3-6H2,1-2H3. The summed E-state index contributed by atoms with van der Waals surface area (Å²) in [7, 11) is 0. The molecule has 1 aromatic carbocycles. The van der Waals surface area contributed by atoms with Crippen LogP contribution in [-0.2, 0) is 21.1 Å². The van der Waals surface area contributed by atoms with Crippen molar-refractivity contribution in [2.75, 3.05) is 26.4 Å². The lowest BCUT2D eigenvalue weighted by atomic mass is 9.73. The number of rotatable bonds is 2. The average Bonchev–Trinajstić information content (AvgIpc) is 2.73. The third-order valence-corrected chi connectivity index (χ3v) is 4.22. The Morgan fingerprint density at radius 3 is 1.50 bits per heavy atom. The highest BCUT2D eigenvalue weighted by Crippen LogP contribution is 2.42. The van der Waals surface area contributed by atoms with E-state index in [1.54, 1.807) is 0 Å². The van der Waals surface area contributed by atoms with Gasteiger partial charge in [-0.05, 0) is 0 Å². The fourth-order valence-electron chi connectivity index (χ4n) is 2.68. The van der Waals surface area contributed by atoms with Crippen molar-refractivity contribution in [2.24, 2.45) is 5.92 Å². The minimum atomic E-state index is -5.56. The second kappa shape index (κ2) is 6.51. The van der Waals surface area contributed by atoms with E-state index in [2.05, 4.69) is 0 Å². The third kappa shape index (κ3) is 3.23. The molecule has 0 aliphatic carbocycles. The van der Waals surface area contributed by atoms with Gasteiger partial charge in [0.15, 0.2) is 23.3 Å². The zero-order chi connectivity index (χ0) is 18.3. The van der Waals surface area contributed by atoms with Gasteiger partial charge in [0.25, 0.3) is 0 Å². The smallest absolute Gasteiger partial charge is 0.379 e. The van der Waals surface area contributed by atoms with E-state index in [0.717, 1.165) is 0 Å². The molecule has 1 aromatic rings. The lowest BCUT2D eigenvalue weighted by Gasteiger charge is -2.34. The summed E-state index contributed by atoms with van der Waals surface area (Å²) in [5.41, 5.74) is -5.24. The molecule has 0 N–H and O–H groups in total. The molecule has 1 fully saturated rings. The molecule has 0 radical (unpaired) electrons. The molecule has 0 unspecified atom stereocenters. The molecule has 1 heterocycles. The van der Waals surface area contributed by atoms with Gasteiger partial charge >= 0.3 is 6.18 Å². The summed E-state index contributed by atoms with van der Waals surface area (Å²) in [5.74, 6) is -9.75. The Morgan fingerprint density at radius 1 is 0.750 bits per heavy atom. The number of benzene rings is 1.